The lowest BCUT2D eigenvalue weighted by Crippen LogP contribution is -2.44. The van der Waals surface area contributed by atoms with Crippen LogP contribution in [0.3, 0.4) is 0 Å². The molecule has 1 aromatic heterocycles. The monoisotopic (exact) mass is 539 g/mol. The summed E-state index contributed by atoms with van der Waals surface area (Å²) < 4.78 is 41.5. The van der Waals surface area contributed by atoms with Gasteiger partial charge in [0.1, 0.15) is 11.4 Å². The van der Waals surface area contributed by atoms with Crippen molar-refractivity contribution in [2.24, 2.45) is 0 Å². The summed E-state index contributed by atoms with van der Waals surface area (Å²) in [5, 5.41) is 8.77. The van der Waals surface area contributed by atoms with Gasteiger partial charge in [0.15, 0.2) is 0 Å². The molecular formula is C28H32F3N7O. The van der Waals surface area contributed by atoms with Crippen molar-refractivity contribution >= 4 is 34.7 Å². The quantitative estimate of drug-likeness (QED) is 0.400. The van der Waals surface area contributed by atoms with Crippen LogP contribution in [0, 0.1) is 6.92 Å². The number of aromatic nitrogens is 2. The number of halogens is 3. The molecule has 206 valence electrons. The van der Waals surface area contributed by atoms with Gasteiger partial charge in [0.2, 0.25) is 11.9 Å². The van der Waals surface area contributed by atoms with Crippen LogP contribution < -0.4 is 20.9 Å². The number of benzene rings is 2. The fourth-order valence-corrected chi connectivity index (χ4v) is 5.11. The Morgan fingerprint density at radius 2 is 1.85 bits per heavy atom. The van der Waals surface area contributed by atoms with E-state index < -0.39 is 17.2 Å². The van der Waals surface area contributed by atoms with E-state index in [2.05, 4.69) is 48.8 Å². The number of aryl methyl sites for hydroxylation is 1. The lowest BCUT2D eigenvalue weighted by Gasteiger charge is -2.34. The van der Waals surface area contributed by atoms with Crippen LogP contribution in [0.4, 0.5) is 42.0 Å². The number of piperazine rings is 1. The number of nitrogens with one attached hydrogen (secondary N) is 3. The molecule has 1 fully saturated rings. The second kappa shape index (κ2) is 10.0. The van der Waals surface area contributed by atoms with E-state index in [1.54, 1.807) is 32.0 Å². The van der Waals surface area contributed by atoms with E-state index in [4.69, 9.17) is 0 Å². The summed E-state index contributed by atoms with van der Waals surface area (Å²) >= 11 is 0. The van der Waals surface area contributed by atoms with Crippen molar-refractivity contribution in [3.05, 3.63) is 64.8 Å². The molecule has 1 saturated heterocycles. The summed E-state index contributed by atoms with van der Waals surface area (Å²) in [7, 11) is 2.11. The molecule has 3 heterocycles. The third kappa shape index (κ3) is 5.36. The molecule has 0 atom stereocenters. The van der Waals surface area contributed by atoms with Gasteiger partial charge in [-0.15, -0.1) is 0 Å². The van der Waals surface area contributed by atoms with Crippen molar-refractivity contribution < 1.29 is 18.0 Å². The van der Waals surface area contributed by atoms with Gasteiger partial charge in [-0.2, -0.15) is 18.2 Å². The lowest BCUT2D eigenvalue weighted by molar-refractivity contribution is -0.137. The molecule has 0 saturated carbocycles. The highest BCUT2D eigenvalue weighted by atomic mass is 19.4. The molecule has 3 N–H and O–H groups in total. The van der Waals surface area contributed by atoms with Crippen LogP contribution in [0.25, 0.3) is 0 Å². The number of hydrogen-bond acceptors (Lipinski definition) is 7. The first-order valence-electron chi connectivity index (χ1n) is 12.9. The van der Waals surface area contributed by atoms with Gasteiger partial charge < -0.3 is 25.8 Å². The number of anilines is 5. The Balaban J connectivity index is 1.38. The second-order valence-electron chi connectivity index (χ2n) is 10.6. The van der Waals surface area contributed by atoms with Gasteiger partial charge in [-0.3, -0.25) is 4.79 Å². The summed E-state index contributed by atoms with van der Waals surface area (Å²) in [4.78, 5) is 25.2. The Morgan fingerprint density at radius 1 is 1.10 bits per heavy atom. The third-order valence-corrected chi connectivity index (χ3v) is 7.46. The lowest BCUT2D eigenvalue weighted by atomic mass is 9.83. The van der Waals surface area contributed by atoms with Crippen molar-refractivity contribution in [1.82, 2.24) is 14.9 Å². The number of hydrogen-bond donors (Lipinski definition) is 3. The van der Waals surface area contributed by atoms with Crippen LogP contribution in [-0.2, 0) is 22.9 Å². The Hall–Kier alpha value is -3.86. The van der Waals surface area contributed by atoms with Crippen LogP contribution in [-0.4, -0.2) is 54.0 Å². The number of fused-ring (bicyclic) bond motifs is 1. The second-order valence-corrected chi connectivity index (χ2v) is 10.6. The molecule has 11 heteroatoms. The van der Waals surface area contributed by atoms with Crippen LogP contribution in [0.5, 0.6) is 0 Å². The SMILES string of the molecule is Cc1cc(N2CCN(C)CC2)ccc1Nc1ncc(C(F)(F)F)c(NCc2cccc3c2C(C)(C)C(=O)N3)n1. The van der Waals surface area contributed by atoms with E-state index in [-0.39, 0.29) is 24.2 Å². The van der Waals surface area contributed by atoms with Crippen LogP contribution >= 0.6 is 0 Å². The smallest absolute Gasteiger partial charge is 0.369 e. The number of nitrogens with zero attached hydrogens (tertiary/aromatic N) is 4. The molecule has 5 rings (SSSR count). The Kier molecular flexibility index (Phi) is 6.88. The maximum absolute atomic E-state index is 13.8. The molecule has 39 heavy (non-hydrogen) atoms. The van der Waals surface area contributed by atoms with Gasteiger partial charge in [-0.05, 0) is 68.8 Å². The minimum absolute atomic E-state index is 0.0522. The largest absolute Gasteiger partial charge is 0.421 e. The van der Waals surface area contributed by atoms with Crippen molar-refractivity contribution in [1.29, 1.82) is 0 Å². The van der Waals surface area contributed by atoms with Gasteiger partial charge in [0.25, 0.3) is 0 Å². The number of rotatable bonds is 6. The number of carbonyl (C=O) groups excluding carboxylic acids is 1. The minimum atomic E-state index is -4.64. The van der Waals surface area contributed by atoms with Crippen LogP contribution in [0.15, 0.2) is 42.6 Å². The standard InChI is InChI=1S/C28H32F3N7O/c1-17-14-19(38-12-10-37(4)11-13-38)8-9-21(17)35-26-33-16-20(28(29,30)31)24(36-26)32-15-18-6-5-7-22-23(18)27(2,3)25(39)34-22/h5-9,14,16H,10-13,15H2,1-4H3,(H,34,39)(H2,32,33,35,36). The maximum atomic E-state index is 13.8. The summed E-state index contributed by atoms with van der Waals surface area (Å²) in [6.07, 6.45) is -3.85. The van der Waals surface area contributed by atoms with Crippen LogP contribution in [0.1, 0.15) is 36.1 Å². The maximum Gasteiger partial charge on any atom is 0.421 e. The molecule has 0 bridgehead atoms. The number of likely N-dealkylation sites (N-methyl/N-ethyl adjacent to an activating group) is 1. The van der Waals surface area contributed by atoms with E-state index in [0.29, 0.717) is 16.9 Å². The number of carbonyl (C=O) groups is 1. The van der Waals surface area contributed by atoms with Gasteiger partial charge >= 0.3 is 6.18 Å². The average molecular weight is 540 g/mol. The van der Waals surface area contributed by atoms with Crippen molar-refractivity contribution in [2.75, 3.05) is 54.1 Å². The molecule has 2 aliphatic rings. The fourth-order valence-electron chi connectivity index (χ4n) is 5.11. The molecule has 1 amide bonds. The summed E-state index contributed by atoms with van der Waals surface area (Å²) in [6, 6.07) is 11.3. The molecule has 0 radical (unpaired) electrons. The first-order valence-corrected chi connectivity index (χ1v) is 12.9. The molecule has 2 aliphatic heterocycles. The van der Waals surface area contributed by atoms with E-state index in [9.17, 15) is 18.0 Å². The molecule has 8 nitrogen and oxygen atoms in total. The fraction of sp³-hybridized carbons (Fsp3) is 0.393. The van der Waals surface area contributed by atoms with Gasteiger partial charge in [-0.1, -0.05) is 12.1 Å². The first-order chi connectivity index (χ1) is 18.4. The highest BCUT2D eigenvalue weighted by Crippen LogP contribution is 2.40. The Morgan fingerprint density at radius 3 is 2.54 bits per heavy atom. The summed E-state index contributed by atoms with van der Waals surface area (Å²) in [6.45, 7) is 9.44. The van der Waals surface area contributed by atoms with E-state index in [1.807, 2.05) is 19.1 Å². The Labute approximate surface area is 225 Å². The normalized spacial score (nSPS) is 17.1. The highest BCUT2D eigenvalue weighted by molar-refractivity contribution is 6.06. The van der Waals surface area contributed by atoms with E-state index in [1.165, 1.54) is 0 Å². The molecular weight excluding hydrogens is 507 g/mol. The topological polar surface area (TPSA) is 85.4 Å². The van der Waals surface area contributed by atoms with E-state index >= 15 is 0 Å². The zero-order valence-corrected chi connectivity index (χ0v) is 22.4. The summed E-state index contributed by atoms with van der Waals surface area (Å²) in [5.41, 5.74) is 3.14. The van der Waals surface area contributed by atoms with Crippen molar-refractivity contribution in [2.45, 2.75) is 38.9 Å². The highest BCUT2D eigenvalue weighted by Gasteiger charge is 2.40. The predicted octanol–water partition coefficient (Wildman–Crippen LogP) is 5.14. The molecule has 2 aromatic carbocycles. The minimum Gasteiger partial charge on any atom is -0.369 e. The third-order valence-electron chi connectivity index (χ3n) is 7.46. The summed E-state index contributed by atoms with van der Waals surface area (Å²) in [5.74, 6) is -0.431. The zero-order chi connectivity index (χ0) is 27.9. The van der Waals surface area contributed by atoms with E-state index in [0.717, 1.165) is 49.2 Å². The van der Waals surface area contributed by atoms with Crippen molar-refractivity contribution in [3.63, 3.8) is 0 Å². The zero-order valence-electron chi connectivity index (χ0n) is 22.4. The average Bonchev–Trinajstić information content (AvgIpc) is 3.12. The number of alkyl halides is 3. The number of amides is 1. The van der Waals surface area contributed by atoms with Crippen molar-refractivity contribution in [3.8, 4) is 0 Å². The molecule has 0 unspecified atom stereocenters. The molecule has 0 spiro atoms. The molecule has 0 aliphatic carbocycles. The van der Waals surface area contributed by atoms with Crippen LogP contribution in [0.2, 0.25) is 0 Å². The first kappa shape index (κ1) is 26.7. The van der Waals surface area contributed by atoms with Gasteiger partial charge in [0.05, 0.1) is 5.41 Å². The van der Waals surface area contributed by atoms with Gasteiger partial charge in [0, 0.05) is 56.0 Å². The Bertz CT molecular complexity index is 1400. The molecule has 3 aromatic rings. The predicted molar refractivity (Wildman–Crippen MR) is 147 cm³/mol. The van der Waals surface area contributed by atoms with Gasteiger partial charge in [-0.25, -0.2) is 4.98 Å².